The van der Waals surface area contributed by atoms with Crippen LogP contribution in [0.1, 0.15) is 0 Å². The van der Waals surface area contributed by atoms with E-state index in [0.717, 1.165) is 24.3 Å². The lowest BCUT2D eigenvalue weighted by molar-refractivity contribution is 0.600. The van der Waals surface area contributed by atoms with E-state index in [0.29, 0.717) is 0 Å². The van der Waals surface area contributed by atoms with E-state index in [1.807, 2.05) is 0 Å². The highest BCUT2D eigenvalue weighted by atomic mass is 79.9. The molecule has 0 spiro atoms. The molecule has 0 radical (unpaired) electrons. The smallest absolute Gasteiger partial charge is 0.263 e. The van der Waals surface area contributed by atoms with Gasteiger partial charge in [0.25, 0.3) is 10.0 Å². The van der Waals surface area contributed by atoms with Gasteiger partial charge in [0.2, 0.25) is 0 Å². The maximum Gasteiger partial charge on any atom is 0.263 e. The van der Waals surface area contributed by atoms with Crippen molar-refractivity contribution in [3.8, 4) is 0 Å². The SMILES string of the molecule is Nc1cc(F)ccc1S(=O)(=O)Nc1ccc(F)c(Br)c1. The number of anilines is 2. The van der Waals surface area contributed by atoms with Gasteiger partial charge in [0.15, 0.2) is 0 Å². The normalized spacial score (nSPS) is 11.3. The molecule has 106 valence electrons. The topological polar surface area (TPSA) is 72.2 Å². The molecule has 8 heteroatoms. The number of hydrogen-bond acceptors (Lipinski definition) is 3. The number of nitrogen functional groups attached to an aromatic ring is 1. The molecule has 0 saturated carbocycles. The summed E-state index contributed by atoms with van der Waals surface area (Å²) in [6.07, 6.45) is 0. The van der Waals surface area contributed by atoms with Gasteiger partial charge in [-0.25, -0.2) is 17.2 Å². The summed E-state index contributed by atoms with van der Waals surface area (Å²) in [4.78, 5) is -0.251. The van der Waals surface area contributed by atoms with Crippen LogP contribution in [-0.2, 0) is 10.0 Å². The highest BCUT2D eigenvalue weighted by Crippen LogP contribution is 2.25. The molecule has 0 aromatic heterocycles. The Morgan fingerprint density at radius 2 is 1.80 bits per heavy atom. The lowest BCUT2D eigenvalue weighted by Gasteiger charge is -2.10. The molecule has 0 aliphatic rings. The molecule has 0 saturated heterocycles. The molecule has 0 atom stereocenters. The molecule has 0 aliphatic heterocycles. The molecule has 3 N–H and O–H groups in total. The van der Waals surface area contributed by atoms with Crippen LogP contribution in [0.15, 0.2) is 45.8 Å². The molecule has 2 aromatic rings. The Kier molecular flexibility index (Phi) is 3.96. The number of halogens is 3. The van der Waals surface area contributed by atoms with E-state index in [4.69, 9.17) is 5.73 Å². The van der Waals surface area contributed by atoms with Crippen molar-refractivity contribution in [3.05, 3.63) is 52.5 Å². The number of nitrogens with one attached hydrogen (secondary N) is 1. The Labute approximate surface area is 122 Å². The first-order valence-corrected chi connectivity index (χ1v) is 7.60. The minimum absolute atomic E-state index is 0.116. The Bertz CT molecular complexity index is 766. The monoisotopic (exact) mass is 362 g/mol. The van der Waals surface area contributed by atoms with Crippen LogP contribution in [0, 0.1) is 11.6 Å². The standard InChI is InChI=1S/C12H9BrF2N2O2S/c13-9-6-8(2-3-10(9)15)17-20(18,19)12-4-1-7(14)5-11(12)16/h1-6,17H,16H2. The molecule has 0 amide bonds. The fourth-order valence-corrected chi connectivity index (χ4v) is 3.08. The molecule has 0 fully saturated rings. The van der Waals surface area contributed by atoms with Crippen molar-refractivity contribution >= 4 is 37.3 Å². The summed E-state index contributed by atoms with van der Waals surface area (Å²) in [7, 11) is -3.98. The highest BCUT2D eigenvalue weighted by molar-refractivity contribution is 9.10. The van der Waals surface area contributed by atoms with Crippen LogP contribution in [0.25, 0.3) is 0 Å². The third-order valence-corrected chi connectivity index (χ3v) is 4.50. The zero-order chi connectivity index (χ0) is 14.9. The minimum atomic E-state index is -3.98. The first-order valence-electron chi connectivity index (χ1n) is 5.32. The largest absolute Gasteiger partial charge is 0.398 e. The van der Waals surface area contributed by atoms with Crippen molar-refractivity contribution in [2.75, 3.05) is 10.5 Å². The maximum atomic E-state index is 13.1. The first kappa shape index (κ1) is 14.7. The van der Waals surface area contributed by atoms with Crippen molar-refractivity contribution in [2.45, 2.75) is 4.90 Å². The van der Waals surface area contributed by atoms with Gasteiger partial charge in [0, 0.05) is 0 Å². The third-order valence-electron chi connectivity index (χ3n) is 2.43. The summed E-state index contributed by atoms with van der Waals surface area (Å²) in [6.45, 7) is 0. The summed E-state index contributed by atoms with van der Waals surface area (Å²) in [6, 6.07) is 6.60. The van der Waals surface area contributed by atoms with Gasteiger partial charge in [-0.15, -0.1) is 0 Å². The van der Waals surface area contributed by atoms with Gasteiger partial charge < -0.3 is 5.73 Å². The van der Waals surface area contributed by atoms with Crippen molar-refractivity contribution in [2.24, 2.45) is 0 Å². The molecule has 2 aromatic carbocycles. The van der Waals surface area contributed by atoms with Gasteiger partial charge in [0.05, 0.1) is 15.8 Å². The lowest BCUT2D eigenvalue weighted by Crippen LogP contribution is -2.15. The van der Waals surface area contributed by atoms with E-state index in [2.05, 4.69) is 20.7 Å². The Morgan fingerprint density at radius 1 is 1.10 bits per heavy atom. The molecular weight excluding hydrogens is 354 g/mol. The average Bonchev–Trinajstić information content (AvgIpc) is 2.33. The Balaban J connectivity index is 2.38. The molecule has 2 rings (SSSR count). The highest BCUT2D eigenvalue weighted by Gasteiger charge is 2.18. The second kappa shape index (κ2) is 5.37. The van der Waals surface area contributed by atoms with E-state index in [-0.39, 0.29) is 20.7 Å². The summed E-state index contributed by atoms with van der Waals surface area (Å²) in [5.74, 6) is -1.15. The lowest BCUT2D eigenvalue weighted by atomic mass is 10.3. The minimum Gasteiger partial charge on any atom is -0.398 e. The van der Waals surface area contributed by atoms with E-state index in [9.17, 15) is 17.2 Å². The van der Waals surface area contributed by atoms with Crippen LogP contribution >= 0.6 is 15.9 Å². The number of hydrogen-bond donors (Lipinski definition) is 2. The summed E-state index contributed by atoms with van der Waals surface area (Å²) in [5, 5.41) is 0. The first-order chi connectivity index (χ1) is 9.29. The molecule has 0 heterocycles. The van der Waals surface area contributed by atoms with Crippen LogP contribution in [0.5, 0.6) is 0 Å². The van der Waals surface area contributed by atoms with E-state index < -0.39 is 21.7 Å². The van der Waals surface area contributed by atoms with Crippen LogP contribution in [0.2, 0.25) is 0 Å². The van der Waals surface area contributed by atoms with Gasteiger partial charge in [-0.05, 0) is 52.3 Å². The van der Waals surface area contributed by atoms with Crippen LogP contribution in [0.4, 0.5) is 20.2 Å². The van der Waals surface area contributed by atoms with E-state index in [1.165, 1.54) is 12.1 Å². The van der Waals surface area contributed by atoms with Crippen LogP contribution < -0.4 is 10.5 Å². The fraction of sp³-hybridized carbons (Fsp3) is 0. The van der Waals surface area contributed by atoms with Gasteiger partial charge in [-0.1, -0.05) is 0 Å². The van der Waals surface area contributed by atoms with Crippen LogP contribution in [0.3, 0.4) is 0 Å². The fourth-order valence-electron chi connectivity index (χ4n) is 1.53. The van der Waals surface area contributed by atoms with Crippen molar-refractivity contribution in [1.29, 1.82) is 0 Å². The predicted octanol–water partition coefficient (Wildman–Crippen LogP) is 3.11. The zero-order valence-corrected chi connectivity index (χ0v) is 12.3. The van der Waals surface area contributed by atoms with E-state index >= 15 is 0 Å². The molecule has 0 bridgehead atoms. The molecular formula is C12H9BrF2N2O2S. The molecule has 0 unspecified atom stereocenters. The zero-order valence-electron chi connectivity index (χ0n) is 9.90. The summed E-state index contributed by atoms with van der Waals surface area (Å²) in [5.41, 5.74) is 5.43. The Hall–Kier alpha value is -1.67. The number of nitrogens with two attached hydrogens (primary N) is 1. The number of benzene rings is 2. The second-order valence-corrected chi connectivity index (χ2v) is 6.42. The predicted molar refractivity (Wildman–Crippen MR) is 75.7 cm³/mol. The molecule has 4 nitrogen and oxygen atoms in total. The summed E-state index contributed by atoms with van der Waals surface area (Å²) < 4.78 is 52.6. The van der Waals surface area contributed by atoms with Gasteiger partial charge in [-0.2, -0.15) is 0 Å². The number of sulfonamides is 1. The second-order valence-electron chi connectivity index (χ2n) is 3.92. The Morgan fingerprint density at radius 3 is 2.40 bits per heavy atom. The van der Waals surface area contributed by atoms with Crippen LogP contribution in [-0.4, -0.2) is 8.42 Å². The molecule has 20 heavy (non-hydrogen) atoms. The number of rotatable bonds is 3. The summed E-state index contributed by atoms with van der Waals surface area (Å²) >= 11 is 2.95. The average molecular weight is 363 g/mol. The van der Waals surface area contributed by atoms with Gasteiger partial charge in [-0.3, -0.25) is 4.72 Å². The van der Waals surface area contributed by atoms with Crippen molar-refractivity contribution in [3.63, 3.8) is 0 Å². The quantitative estimate of drug-likeness (QED) is 0.824. The van der Waals surface area contributed by atoms with Crippen molar-refractivity contribution < 1.29 is 17.2 Å². The van der Waals surface area contributed by atoms with Gasteiger partial charge >= 0.3 is 0 Å². The van der Waals surface area contributed by atoms with E-state index in [1.54, 1.807) is 0 Å². The van der Waals surface area contributed by atoms with Gasteiger partial charge in [0.1, 0.15) is 16.5 Å². The third kappa shape index (κ3) is 3.07. The van der Waals surface area contributed by atoms with Crippen molar-refractivity contribution in [1.82, 2.24) is 0 Å². The molecule has 0 aliphatic carbocycles. The maximum absolute atomic E-state index is 13.1.